The molecule has 0 atom stereocenters. The van der Waals surface area contributed by atoms with Gasteiger partial charge in [0.25, 0.3) is 0 Å². The Morgan fingerprint density at radius 1 is 1.17 bits per heavy atom. The molecule has 0 saturated heterocycles. The molecule has 2 heterocycles. The molecule has 0 radical (unpaired) electrons. The van der Waals surface area contributed by atoms with Crippen molar-refractivity contribution in [1.82, 2.24) is 9.55 Å². The molecule has 0 aliphatic carbocycles. The molecule has 2 aromatic heterocycles. The van der Waals surface area contributed by atoms with Crippen molar-refractivity contribution < 1.29 is 9.53 Å². The van der Waals surface area contributed by atoms with Crippen molar-refractivity contribution in [2.75, 3.05) is 25.6 Å². The van der Waals surface area contributed by atoms with Gasteiger partial charge in [-0.15, -0.1) is 0 Å². The monoisotopic (exact) mass is 415 g/mol. The summed E-state index contributed by atoms with van der Waals surface area (Å²) in [6, 6.07) is 7.06. The summed E-state index contributed by atoms with van der Waals surface area (Å²) in [5.41, 5.74) is 2.17. The molecular formula is C22H26ClN3O3. The van der Waals surface area contributed by atoms with E-state index in [1.165, 1.54) is 0 Å². The maximum absolute atomic E-state index is 13.3. The van der Waals surface area contributed by atoms with E-state index in [0.29, 0.717) is 32.6 Å². The topological polar surface area (TPSA) is 64.4 Å². The molecule has 0 bridgehead atoms. The number of esters is 1. The Kier molecular flexibility index (Phi) is 5.59. The van der Waals surface area contributed by atoms with Gasteiger partial charge in [0.15, 0.2) is 5.43 Å². The fourth-order valence-corrected chi connectivity index (χ4v) is 3.75. The lowest BCUT2D eigenvalue weighted by Crippen LogP contribution is -2.23. The highest BCUT2D eigenvalue weighted by molar-refractivity contribution is 6.35. The third-order valence-corrected chi connectivity index (χ3v) is 5.11. The lowest BCUT2D eigenvalue weighted by atomic mass is 9.91. The zero-order chi connectivity index (χ0) is 21.5. The Balaban J connectivity index is 2.53. The van der Waals surface area contributed by atoms with Gasteiger partial charge in [-0.05, 0) is 31.2 Å². The van der Waals surface area contributed by atoms with Crippen LogP contribution in [0.25, 0.3) is 21.9 Å². The number of benzene rings is 1. The number of nitrogens with zero attached hydrogens (tertiary/aromatic N) is 3. The molecule has 0 fully saturated rings. The van der Waals surface area contributed by atoms with E-state index in [1.54, 1.807) is 29.7 Å². The van der Waals surface area contributed by atoms with Crippen LogP contribution in [0.4, 0.5) is 5.69 Å². The highest BCUT2D eigenvalue weighted by atomic mass is 35.5. The number of halogens is 1. The van der Waals surface area contributed by atoms with Gasteiger partial charge in [-0.2, -0.15) is 0 Å². The zero-order valence-corrected chi connectivity index (χ0v) is 18.4. The molecule has 6 nitrogen and oxygen atoms in total. The molecule has 0 amide bonds. The zero-order valence-electron chi connectivity index (χ0n) is 17.7. The van der Waals surface area contributed by atoms with Crippen LogP contribution in [-0.4, -0.2) is 36.2 Å². The van der Waals surface area contributed by atoms with Gasteiger partial charge in [0.1, 0.15) is 12.2 Å². The number of carbonyl (C=O) groups is 1. The molecule has 3 aromatic rings. The van der Waals surface area contributed by atoms with E-state index in [1.807, 2.05) is 25.1 Å². The van der Waals surface area contributed by atoms with Gasteiger partial charge in [-0.3, -0.25) is 9.59 Å². The second-order valence-electron chi connectivity index (χ2n) is 8.22. The van der Waals surface area contributed by atoms with Gasteiger partial charge in [0.2, 0.25) is 0 Å². The first-order chi connectivity index (χ1) is 13.6. The number of anilines is 1. The summed E-state index contributed by atoms with van der Waals surface area (Å²) >= 11 is 6.48. The average Bonchev–Trinajstić information content (AvgIpc) is 2.63. The standard InChI is InChI=1S/C22H26ClN3O3/c1-7-29-17(27)12-26-18-13(8-10-15(23)19(18)25(5)6)20(28)14-9-11-16(22(2,3)4)24-21(14)26/h8-11H,7,12H2,1-6H3. The number of pyridine rings is 2. The lowest BCUT2D eigenvalue weighted by Gasteiger charge is -2.23. The van der Waals surface area contributed by atoms with Crippen molar-refractivity contribution in [3.05, 3.63) is 45.2 Å². The van der Waals surface area contributed by atoms with Crippen LogP contribution in [0.3, 0.4) is 0 Å². The molecule has 0 unspecified atom stereocenters. The van der Waals surface area contributed by atoms with E-state index >= 15 is 0 Å². The molecule has 0 spiro atoms. The van der Waals surface area contributed by atoms with Crippen LogP contribution in [0.15, 0.2) is 29.1 Å². The first-order valence-electron chi connectivity index (χ1n) is 9.55. The van der Waals surface area contributed by atoms with Crippen LogP contribution in [-0.2, 0) is 21.5 Å². The Hall–Kier alpha value is -2.60. The molecule has 0 saturated carbocycles. The quantitative estimate of drug-likeness (QED) is 0.473. The van der Waals surface area contributed by atoms with E-state index in [2.05, 4.69) is 20.8 Å². The molecule has 1 aromatic carbocycles. The molecule has 7 heteroatoms. The van der Waals surface area contributed by atoms with Crippen LogP contribution >= 0.6 is 11.6 Å². The summed E-state index contributed by atoms with van der Waals surface area (Å²) in [7, 11) is 3.70. The maximum atomic E-state index is 13.3. The summed E-state index contributed by atoms with van der Waals surface area (Å²) < 4.78 is 6.94. The predicted octanol–water partition coefficient (Wildman–Crippen LogP) is 4.13. The summed E-state index contributed by atoms with van der Waals surface area (Å²) in [5.74, 6) is -0.397. The van der Waals surface area contributed by atoms with Gasteiger partial charge in [0.05, 0.1) is 28.2 Å². The van der Waals surface area contributed by atoms with Crippen LogP contribution in [0.5, 0.6) is 0 Å². The number of ether oxygens (including phenoxy) is 1. The smallest absolute Gasteiger partial charge is 0.326 e. The number of rotatable bonds is 4. The minimum Gasteiger partial charge on any atom is -0.465 e. The molecule has 0 aliphatic rings. The lowest BCUT2D eigenvalue weighted by molar-refractivity contribution is -0.143. The van der Waals surface area contributed by atoms with Crippen LogP contribution < -0.4 is 10.3 Å². The largest absolute Gasteiger partial charge is 0.465 e. The third kappa shape index (κ3) is 3.81. The first-order valence-corrected chi connectivity index (χ1v) is 9.93. The highest BCUT2D eigenvalue weighted by Crippen LogP contribution is 2.34. The van der Waals surface area contributed by atoms with Gasteiger partial charge >= 0.3 is 5.97 Å². The number of hydrogen-bond acceptors (Lipinski definition) is 5. The van der Waals surface area contributed by atoms with Crippen molar-refractivity contribution in [2.24, 2.45) is 0 Å². The average molecular weight is 416 g/mol. The molecule has 0 N–H and O–H groups in total. The highest BCUT2D eigenvalue weighted by Gasteiger charge is 2.22. The van der Waals surface area contributed by atoms with E-state index in [0.717, 1.165) is 5.69 Å². The van der Waals surface area contributed by atoms with Gasteiger partial charge < -0.3 is 14.2 Å². The maximum Gasteiger partial charge on any atom is 0.326 e. The van der Waals surface area contributed by atoms with E-state index in [-0.39, 0.29) is 24.0 Å². The van der Waals surface area contributed by atoms with Crippen molar-refractivity contribution in [3.63, 3.8) is 0 Å². The van der Waals surface area contributed by atoms with Gasteiger partial charge in [0, 0.05) is 30.6 Å². The van der Waals surface area contributed by atoms with Crippen LogP contribution in [0, 0.1) is 0 Å². The Morgan fingerprint density at radius 3 is 2.41 bits per heavy atom. The van der Waals surface area contributed by atoms with Crippen molar-refractivity contribution in [2.45, 2.75) is 39.7 Å². The van der Waals surface area contributed by atoms with Crippen LogP contribution in [0.1, 0.15) is 33.4 Å². The fourth-order valence-electron chi connectivity index (χ4n) is 3.43. The minimum absolute atomic E-state index is 0.0666. The molecule has 29 heavy (non-hydrogen) atoms. The molecule has 0 aliphatic heterocycles. The minimum atomic E-state index is -0.397. The second kappa shape index (κ2) is 7.67. The summed E-state index contributed by atoms with van der Waals surface area (Å²) in [5, 5.41) is 1.44. The number of aromatic nitrogens is 2. The van der Waals surface area contributed by atoms with Crippen molar-refractivity contribution in [3.8, 4) is 0 Å². The molecular weight excluding hydrogens is 390 g/mol. The Morgan fingerprint density at radius 2 is 1.83 bits per heavy atom. The Bertz CT molecular complexity index is 1160. The normalized spacial score (nSPS) is 11.8. The summed E-state index contributed by atoms with van der Waals surface area (Å²) in [4.78, 5) is 32.3. The van der Waals surface area contributed by atoms with Gasteiger partial charge in [-0.25, -0.2) is 4.98 Å². The first kappa shape index (κ1) is 21.1. The summed E-state index contributed by atoms with van der Waals surface area (Å²) in [6.07, 6.45) is 0. The second-order valence-corrected chi connectivity index (χ2v) is 8.63. The fraction of sp³-hybridized carbons (Fsp3) is 0.409. The summed E-state index contributed by atoms with van der Waals surface area (Å²) in [6.45, 7) is 8.13. The van der Waals surface area contributed by atoms with E-state index < -0.39 is 5.97 Å². The predicted molar refractivity (Wildman–Crippen MR) is 118 cm³/mol. The van der Waals surface area contributed by atoms with E-state index in [4.69, 9.17) is 21.3 Å². The number of fused-ring (bicyclic) bond motifs is 2. The van der Waals surface area contributed by atoms with Crippen molar-refractivity contribution in [1.29, 1.82) is 0 Å². The third-order valence-electron chi connectivity index (χ3n) is 4.80. The number of carbonyl (C=O) groups excluding carboxylic acids is 1. The van der Waals surface area contributed by atoms with Crippen LogP contribution in [0.2, 0.25) is 5.02 Å². The number of hydrogen-bond donors (Lipinski definition) is 0. The SMILES string of the molecule is CCOC(=O)Cn1c2nc(C(C)(C)C)ccc2c(=O)c2ccc(Cl)c(N(C)C)c21. The van der Waals surface area contributed by atoms with Crippen molar-refractivity contribution >= 4 is 45.2 Å². The van der Waals surface area contributed by atoms with Gasteiger partial charge in [-0.1, -0.05) is 32.4 Å². The van der Waals surface area contributed by atoms with E-state index in [9.17, 15) is 9.59 Å². The molecule has 154 valence electrons. The Labute approximate surface area is 175 Å². The molecule has 3 rings (SSSR count).